The van der Waals surface area contributed by atoms with Gasteiger partial charge < -0.3 is 25.8 Å². The predicted octanol–water partition coefficient (Wildman–Crippen LogP) is 3.17. The molecule has 198 valence electrons. The van der Waals surface area contributed by atoms with E-state index in [4.69, 9.17) is 4.74 Å². The summed E-state index contributed by atoms with van der Waals surface area (Å²) in [7, 11) is 1.57. The van der Waals surface area contributed by atoms with Gasteiger partial charge in [0.15, 0.2) is 0 Å². The van der Waals surface area contributed by atoms with E-state index in [9.17, 15) is 19.5 Å². The average Bonchev–Trinajstić information content (AvgIpc) is 3.30. The van der Waals surface area contributed by atoms with Gasteiger partial charge in [-0.25, -0.2) is 9.78 Å². The number of aromatic nitrogens is 1. The number of carbonyl (C=O) groups is 3. The first kappa shape index (κ1) is 29.0. The Morgan fingerprint density at radius 2 is 1.86 bits per heavy atom. The summed E-state index contributed by atoms with van der Waals surface area (Å²) in [4.78, 5) is 42.1. The minimum absolute atomic E-state index is 0.153. The van der Waals surface area contributed by atoms with Crippen molar-refractivity contribution in [1.29, 1.82) is 0 Å². The normalized spacial score (nSPS) is 18.1. The molecule has 0 unspecified atom stereocenters. The number of thiazole rings is 1. The van der Waals surface area contributed by atoms with Gasteiger partial charge >= 0.3 is 6.09 Å². The molecule has 10 heteroatoms. The summed E-state index contributed by atoms with van der Waals surface area (Å²) in [5, 5.41) is 21.2. The van der Waals surface area contributed by atoms with Crippen molar-refractivity contribution in [2.45, 2.75) is 103 Å². The second kappa shape index (κ2) is 13.8. The molecular formula is C25H42N4O5S. The molecule has 1 aromatic heterocycles. The van der Waals surface area contributed by atoms with Crippen LogP contribution in [0.5, 0.6) is 0 Å². The van der Waals surface area contributed by atoms with Crippen molar-refractivity contribution in [2.75, 3.05) is 7.05 Å². The molecular weight excluding hydrogens is 468 g/mol. The highest BCUT2D eigenvalue weighted by molar-refractivity contribution is 7.07. The molecule has 1 aliphatic rings. The fraction of sp³-hybridized carbons (Fsp3) is 0.760. The highest BCUT2D eigenvalue weighted by atomic mass is 32.1. The summed E-state index contributed by atoms with van der Waals surface area (Å²) >= 11 is 1.41. The lowest BCUT2D eigenvalue weighted by molar-refractivity contribution is -0.126. The third-order valence-corrected chi connectivity index (χ3v) is 6.93. The van der Waals surface area contributed by atoms with E-state index in [1.54, 1.807) is 40.3 Å². The van der Waals surface area contributed by atoms with E-state index < -0.39 is 41.7 Å². The summed E-state index contributed by atoms with van der Waals surface area (Å²) in [6, 6.07) is -1.44. The van der Waals surface area contributed by atoms with Crippen LogP contribution in [0.4, 0.5) is 4.79 Å². The average molecular weight is 511 g/mol. The highest BCUT2D eigenvalue weighted by Crippen LogP contribution is 2.29. The minimum atomic E-state index is -0.913. The van der Waals surface area contributed by atoms with E-state index in [0.29, 0.717) is 18.0 Å². The Balaban J connectivity index is 2.16. The molecule has 3 amide bonds. The van der Waals surface area contributed by atoms with E-state index in [2.05, 4.69) is 20.9 Å². The molecule has 1 saturated carbocycles. The van der Waals surface area contributed by atoms with Crippen LogP contribution in [0.2, 0.25) is 0 Å². The second-order valence-corrected chi connectivity index (χ2v) is 11.3. The van der Waals surface area contributed by atoms with Gasteiger partial charge in [0.05, 0.1) is 23.4 Å². The van der Waals surface area contributed by atoms with E-state index in [-0.39, 0.29) is 18.7 Å². The van der Waals surface area contributed by atoms with Crippen molar-refractivity contribution < 1.29 is 24.2 Å². The molecule has 0 bridgehead atoms. The van der Waals surface area contributed by atoms with Gasteiger partial charge in [-0.15, -0.1) is 11.3 Å². The summed E-state index contributed by atoms with van der Waals surface area (Å²) in [5.41, 5.74) is 1.65. The van der Waals surface area contributed by atoms with Crippen molar-refractivity contribution in [3.8, 4) is 0 Å². The van der Waals surface area contributed by atoms with E-state index >= 15 is 0 Å². The molecule has 0 radical (unpaired) electrons. The number of ether oxygens (including phenoxy) is 1. The minimum Gasteiger partial charge on any atom is -0.444 e. The molecule has 0 aliphatic heterocycles. The molecule has 1 aromatic rings. The second-order valence-electron chi connectivity index (χ2n) is 10.6. The number of aliphatic hydroxyl groups is 1. The molecule has 0 saturated heterocycles. The Morgan fingerprint density at radius 1 is 1.17 bits per heavy atom. The third kappa shape index (κ3) is 10.5. The van der Waals surface area contributed by atoms with Gasteiger partial charge in [-0.2, -0.15) is 0 Å². The molecule has 4 atom stereocenters. The van der Waals surface area contributed by atoms with Crippen LogP contribution in [0.1, 0.15) is 78.3 Å². The fourth-order valence-electron chi connectivity index (χ4n) is 4.46. The van der Waals surface area contributed by atoms with E-state index in [1.165, 1.54) is 17.8 Å². The van der Waals surface area contributed by atoms with E-state index in [1.807, 2.05) is 5.38 Å². The summed E-state index contributed by atoms with van der Waals surface area (Å²) in [6.45, 7) is 7.03. The fourth-order valence-corrected chi connectivity index (χ4v) is 5.04. The van der Waals surface area contributed by atoms with Crippen molar-refractivity contribution >= 4 is 29.2 Å². The van der Waals surface area contributed by atoms with Crippen LogP contribution in [0.3, 0.4) is 0 Å². The Kier molecular flexibility index (Phi) is 11.4. The predicted molar refractivity (Wildman–Crippen MR) is 136 cm³/mol. The van der Waals surface area contributed by atoms with Gasteiger partial charge in [-0.1, -0.05) is 39.0 Å². The molecule has 1 heterocycles. The Morgan fingerprint density at radius 3 is 2.43 bits per heavy atom. The largest absolute Gasteiger partial charge is 0.444 e. The Hall–Kier alpha value is -2.20. The van der Waals surface area contributed by atoms with Gasteiger partial charge in [0, 0.05) is 24.8 Å². The number of nitrogens with one attached hydrogen (secondary N) is 3. The van der Waals surface area contributed by atoms with Gasteiger partial charge in [0.2, 0.25) is 11.8 Å². The van der Waals surface area contributed by atoms with Gasteiger partial charge in [0.1, 0.15) is 11.6 Å². The summed E-state index contributed by atoms with van der Waals surface area (Å²) in [6.07, 6.45) is 5.09. The zero-order valence-electron chi connectivity index (χ0n) is 21.6. The monoisotopic (exact) mass is 510 g/mol. The molecule has 35 heavy (non-hydrogen) atoms. The first-order valence-electron chi connectivity index (χ1n) is 12.5. The Labute approximate surface area is 212 Å². The zero-order valence-corrected chi connectivity index (χ0v) is 22.5. The summed E-state index contributed by atoms with van der Waals surface area (Å²) in [5.74, 6) is -0.558. The first-order valence-corrected chi connectivity index (χ1v) is 13.5. The van der Waals surface area contributed by atoms with Crippen LogP contribution in [-0.4, -0.2) is 58.8 Å². The molecule has 2 rings (SSSR count). The van der Waals surface area contributed by atoms with Crippen LogP contribution in [0.15, 0.2) is 10.9 Å². The number of hydrogen-bond donors (Lipinski definition) is 4. The molecule has 0 aromatic carbocycles. The van der Waals surface area contributed by atoms with Crippen molar-refractivity contribution in [1.82, 2.24) is 20.9 Å². The first-order chi connectivity index (χ1) is 16.5. The molecule has 1 aliphatic carbocycles. The highest BCUT2D eigenvalue weighted by Gasteiger charge is 2.32. The molecule has 0 spiro atoms. The van der Waals surface area contributed by atoms with Crippen molar-refractivity contribution in [3.05, 3.63) is 16.6 Å². The van der Waals surface area contributed by atoms with Crippen LogP contribution >= 0.6 is 11.3 Å². The number of carbonyl (C=O) groups excluding carboxylic acids is 3. The maximum Gasteiger partial charge on any atom is 0.408 e. The molecule has 4 N–H and O–H groups in total. The number of hydrogen-bond acceptors (Lipinski definition) is 7. The lowest BCUT2D eigenvalue weighted by Gasteiger charge is -2.32. The van der Waals surface area contributed by atoms with Crippen LogP contribution < -0.4 is 16.0 Å². The Bertz CT molecular complexity index is 805. The molecule has 9 nitrogen and oxygen atoms in total. The van der Waals surface area contributed by atoms with Crippen molar-refractivity contribution in [2.24, 2.45) is 11.8 Å². The lowest BCUT2D eigenvalue weighted by atomic mass is 9.82. The van der Waals surface area contributed by atoms with Crippen molar-refractivity contribution in [3.63, 3.8) is 0 Å². The number of amides is 3. The third-order valence-electron chi connectivity index (χ3n) is 6.30. The number of rotatable bonds is 11. The smallest absolute Gasteiger partial charge is 0.408 e. The van der Waals surface area contributed by atoms with Crippen LogP contribution in [-0.2, 0) is 20.7 Å². The van der Waals surface area contributed by atoms with Crippen LogP contribution in [0.25, 0.3) is 0 Å². The lowest BCUT2D eigenvalue weighted by Crippen LogP contribution is -2.54. The summed E-state index contributed by atoms with van der Waals surface area (Å²) < 4.78 is 5.36. The van der Waals surface area contributed by atoms with Crippen LogP contribution in [0, 0.1) is 11.8 Å². The maximum absolute atomic E-state index is 13.4. The number of aliphatic hydroxyl groups excluding tert-OH is 1. The molecule has 1 fully saturated rings. The SMILES string of the molecule is CNC(=O)[C@H](C)C[C@H](O)[C@H](CC1CCCCC1)NC(=O)[C@H](Cc1cscn1)NC(=O)OC(C)(C)C. The number of nitrogens with zero attached hydrogens (tertiary/aromatic N) is 1. The standard InChI is InChI=1S/C25H42N4O5S/c1-16(22(31)26-5)11-21(30)19(12-17-9-7-6-8-10-17)28-23(32)20(13-18-14-35-15-27-18)29-24(33)34-25(2,3)4/h14-17,19-21,30H,6-13H2,1-5H3,(H,26,31)(H,28,32)(H,29,33)/t16-,19+,20+,21+/m1/s1. The van der Waals surface area contributed by atoms with Gasteiger partial charge in [-0.3, -0.25) is 9.59 Å². The maximum atomic E-state index is 13.4. The van der Waals surface area contributed by atoms with Gasteiger partial charge in [-0.05, 0) is 39.5 Å². The topological polar surface area (TPSA) is 130 Å². The zero-order chi connectivity index (χ0) is 26.0. The van der Waals surface area contributed by atoms with Gasteiger partial charge in [0.25, 0.3) is 0 Å². The van der Waals surface area contributed by atoms with E-state index in [0.717, 1.165) is 25.7 Å². The number of alkyl carbamates (subject to hydrolysis) is 1. The quantitative estimate of drug-likeness (QED) is 0.362.